The fourth-order valence-electron chi connectivity index (χ4n) is 5.58. The van der Waals surface area contributed by atoms with Gasteiger partial charge in [-0.1, -0.05) is 19.1 Å². The smallest absolute Gasteiger partial charge is 0.255 e. The van der Waals surface area contributed by atoms with Crippen molar-refractivity contribution in [1.29, 1.82) is 0 Å². The average Bonchev–Trinajstić information content (AvgIpc) is 2.70. The van der Waals surface area contributed by atoms with Crippen LogP contribution in [0.25, 0.3) is 5.76 Å². The zero-order valence-electron chi connectivity index (χ0n) is 18.4. The molecular weight excluding hydrogens is 491 g/mol. The molecule has 1 aromatic carbocycles. The zero-order valence-corrected chi connectivity index (χ0v) is 20.1. The molecule has 12 heteroatoms. The largest absolute Gasteiger partial charge is 0.508 e. The number of Topliss-reactive ketones (excluding diaryl/α,β-unsaturated/α-hetero) is 2. The maximum Gasteiger partial charge on any atom is 0.255 e. The summed E-state index contributed by atoms with van der Waals surface area (Å²) in [5, 5.41) is 54.9. The van der Waals surface area contributed by atoms with Gasteiger partial charge in [0.15, 0.2) is 11.4 Å². The second kappa shape index (κ2) is 8.86. The van der Waals surface area contributed by atoms with Gasteiger partial charge in [0.05, 0.1) is 23.6 Å². The van der Waals surface area contributed by atoms with Crippen LogP contribution in [-0.4, -0.2) is 79.7 Å². The lowest BCUT2D eigenvalue weighted by Crippen LogP contribution is -2.70. The number of likely N-dealkylation sites (N-methyl/N-ethyl adjacent to an activating group) is 1. The minimum Gasteiger partial charge on any atom is -0.508 e. The summed E-state index contributed by atoms with van der Waals surface area (Å²) < 4.78 is 0. The number of fused-ring (bicyclic) bond motifs is 3. The predicted octanol–water partition coefficient (Wildman–Crippen LogP) is 0.339. The monoisotopic (exact) mass is 516 g/mol. The number of rotatable bonds is 2. The van der Waals surface area contributed by atoms with Gasteiger partial charge in [-0.05, 0) is 31.6 Å². The van der Waals surface area contributed by atoms with Gasteiger partial charge in [0, 0.05) is 11.5 Å². The van der Waals surface area contributed by atoms with E-state index in [9.17, 15) is 39.9 Å². The Labute approximate surface area is 207 Å². The Bertz CT molecular complexity index is 1150. The quantitative estimate of drug-likeness (QED) is 0.302. The van der Waals surface area contributed by atoms with Crippen molar-refractivity contribution in [3.63, 3.8) is 0 Å². The van der Waals surface area contributed by atoms with Crippen molar-refractivity contribution in [1.82, 2.24) is 4.90 Å². The van der Waals surface area contributed by atoms with E-state index in [4.69, 9.17) is 5.73 Å². The first-order valence-electron chi connectivity index (χ1n) is 10.0. The standard InChI is InChI=1S/C22H24N2O8.2ClH/c1-7-8-5-4-6-9(25)11(8)16(26)12-10(7)17(27)14-15(24(2)3)18(28)13(21(23)31)20(30)22(14,32)19(12)29;;/h4-7,10,14-15,17,25-27,30,32H,1-3H3,(H2,23,31);2*1H/t7-,10+,14+,15-,17-,22-;;/m0../s1. The number of carbonyl (C=O) groups excluding carboxylic acids is 3. The van der Waals surface area contributed by atoms with Crippen LogP contribution in [0.5, 0.6) is 5.75 Å². The highest BCUT2D eigenvalue weighted by Crippen LogP contribution is 2.55. The Morgan fingerprint density at radius 3 is 2.24 bits per heavy atom. The number of primary amides is 1. The van der Waals surface area contributed by atoms with Gasteiger partial charge < -0.3 is 31.3 Å². The lowest BCUT2D eigenvalue weighted by atomic mass is 9.54. The van der Waals surface area contributed by atoms with Gasteiger partial charge in [0.25, 0.3) is 5.91 Å². The van der Waals surface area contributed by atoms with Crippen molar-refractivity contribution in [2.45, 2.75) is 30.6 Å². The van der Waals surface area contributed by atoms with E-state index in [-0.39, 0.29) is 36.1 Å². The molecule has 1 fully saturated rings. The third kappa shape index (κ3) is 3.24. The number of nitrogens with zero attached hydrogens (tertiary/aromatic N) is 1. The molecule has 34 heavy (non-hydrogen) atoms. The van der Waals surface area contributed by atoms with Crippen molar-refractivity contribution in [3.05, 3.63) is 46.2 Å². The first-order chi connectivity index (χ1) is 14.9. The molecule has 0 saturated heterocycles. The first-order valence-corrected chi connectivity index (χ1v) is 10.0. The minimum absolute atomic E-state index is 0. The topological polar surface area (TPSA) is 182 Å². The molecule has 0 bridgehead atoms. The number of phenols is 1. The summed E-state index contributed by atoms with van der Waals surface area (Å²) in [6.07, 6.45) is -1.59. The molecule has 7 N–H and O–H groups in total. The van der Waals surface area contributed by atoms with E-state index in [2.05, 4.69) is 0 Å². The predicted molar refractivity (Wildman–Crippen MR) is 125 cm³/mol. The molecule has 1 aromatic rings. The highest BCUT2D eigenvalue weighted by atomic mass is 35.5. The summed E-state index contributed by atoms with van der Waals surface area (Å²) in [6.45, 7) is 1.68. The normalized spacial score (nSPS) is 32.4. The highest BCUT2D eigenvalue weighted by Gasteiger charge is 2.68. The van der Waals surface area contributed by atoms with Gasteiger partial charge in [-0.25, -0.2) is 0 Å². The van der Waals surface area contributed by atoms with Crippen LogP contribution in [0.4, 0.5) is 0 Å². The molecule has 186 valence electrons. The Morgan fingerprint density at radius 2 is 1.71 bits per heavy atom. The second-order valence-corrected chi connectivity index (χ2v) is 8.79. The molecule has 3 aliphatic rings. The molecule has 0 aliphatic heterocycles. The van der Waals surface area contributed by atoms with Gasteiger partial charge in [-0.2, -0.15) is 0 Å². The van der Waals surface area contributed by atoms with Crippen LogP contribution in [0, 0.1) is 11.8 Å². The van der Waals surface area contributed by atoms with E-state index in [0.717, 1.165) is 0 Å². The molecular formula is C22H26Cl2N2O8. The molecule has 0 heterocycles. The number of aromatic hydroxyl groups is 1. The fourth-order valence-corrected chi connectivity index (χ4v) is 5.58. The summed E-state index contributed by atoms with van der Waals surface area (Å²) in [7, 11) is 2.92. The van der Waals surface area contributed by atoms with E-state index in [1.54, 1.807) is 19.1 Å². The van der Waals surface area contributed by atoms with E-state index in [0.29, 0.717) is 5.56 Å². The number of aliphatic hydroxyl groups excluding tert-OH is 3. The van der Waals surface area contributed by atoms with Crippen molar-refractivity contribution < 1.29 is 39.9 Å². The summed E-state index contributed by atoms with van der Waals surface area (Å²) in [4.78, 5) is 40.0. The summed E-state index contributed by atoms with van der Waals surface area (Å²) >= 11 is 0. The molecule has 6 atom stereocenters. The lowest BCUT2D eigenvalue weighted by Gasteiger charge is -2.53. The summed E-state index contributed by atoms with van der Waals surface area (Å²) in [6, 6.07) is 3.13. The van der Waals surface area contributed by atoms with Gasteiger partial charge >= 0.3 is 0 Å². The molecule has 0 radical (unpaired) electrons. The van der Waals surface area contributed by atoms with Crippen LogP contribution in [0.2, 0.25) is 0 Å². The number of benzene rings is 1. The van der Waals surface area contributed by atoms with Gasteiger partial charge in [-0.15, -0.1) is 24.8 Å². The number of amides is 1. The number of hydrogen-bond acceptors (Lipinski definition) is 9. The number of carbonyl (C=O) groups is 3. The molecule has 10 nitrogen and oxygen atoms in total. The van der Waals surface area contributed by atoms with Crippen molar-refractivity contribution in [3.8, 4) is 5.75 Å². The minimum atomic E-state index is -2.89. The number of hydrogen-bond donors (Lipinski definition) is 6. The van der Waals surface area contributed by atoms with Crippen LogP contribution in [0.15, 0.2) is 35.1 Å². The van der Waals surface area contributed by atoms with E-state index >= 15 is 0 Å². The molecule has 3 aliphatic carbocycles. The Balaban J connectivity index is 0.00000204. The maximum atomic E-state index is 13.7. The van der Waals surface area contributed by atoms with Gasteiger partial charge in [0.2, 0.25) is 5.78 Å². The fraction of sp³-hybridized carbons (Fsp3) is 0.409. The second-order valence-electron chi connectivity index (χ2n) is 8.79. The molecule has 1 amide bonds. The molecule has 4 rings (SSSR count). The van der Waals surface area contributed by atoms with Crippen LogP contribution < -0.4 is 5.73 Å². The maximum absolute atomic E-state index is 13.7. The van der Waals surface area contributed by atoms with E-state index in [1.807, 2.05) is 0 Å². The Kier molecular flexibility index (Phi) is 7.20. The molecule has 0 spiro atoms. The van der Waals surface area contributed by atoms with E-state index in [1.165, 1.54) is 25.1 Å². The molecule has 1 saturated carbocycles. The zero-order chi connectivity index (χ0) is 23.9. The highest BCUT2D eigenvalue weighted by molar-refractivity contribution is 6.24. The third-order valence-electron chi connectivity index (χ3n) is 6.99. The van der Waals surface area contributed by atoms with Crippen molar-refractivity contribution in [2.24, 2.45) is 17.6 Å². The molecule has 0 unspecified atom stereocenters. The first kappa shape index (κ1) is 27.6. The van der Waals surface area contributed by atoms with Crippen LogP contribution in [0.3, 0.4) is 0 Å². The summed E-state index contributed by atoms with van der Waals surface area (Å²) in [5.74, 6) is -8.87. The lowest BCUT2D eigenvalue weighted by molar-refractivity contribution is -0.169. The van der Waals surface area contributed by atoms with Crippen LogP contribution in [-0.2, 0) is 14.4 Å². The Morgan fingerprint density at radius 1 is 1.12 bits per heavy atom. The number of aliphatic hydroxyl groups is 4. The van der Waals surface area contributed by atoms with Crippen molar-refractivity contribution >= 4 is 48.0 Å². The van der Waals surface area contributed by atoms with Crippen LogP contribution in [0.1, 0.15) is 24.0 Å². The van der Waals surface area contributed by atoms with E-state index < -0.39 is 75.6 Å². The molecule has 0 aromatic heterocycles. The Hall–Kier alpha value is -2.63. The van der Waals surface area contributed by atoms with Gasteiger partial charge in [-0.3, -0.25) is 19.3 Å². The number of halogens is 2. The number of ketones is 2. The van der Waals surface area contributed by atoms with Crippen LogP contribution >= 0.6 is 24.8 Å². The third-order valence-corrected chi connectivity index (χ3v) is 6.99. The average molecular weight is 517 g/mol. The van der Waals surface area contributed by atoms with Crippen molar-refractivity contribution in [2.75, 3.05) is 14.1 Å². The SMILES string of the molecule is C[C@H]1c2cccc(O)c2C(O)=C2C(=O)[C@]3(O)C(O)=C(C(N)=O)C(=O)[C@@H](N(C)C)[C@@H]3[C@@H](O)[C@@H]21.Cl.Cl. The van der Waals surface area contributed by atoms with Gasteiger partial charge in [0.1, 0.15) is 22.8 Å². The summed E-state index contributed by atoms with van der Waals surface area (Å²) in [5.41, 5.74) is 1.47. The number of nitrogens with two attached hydrogens (primary N) is 1. The number of phenolic OH excluding ortho intramolecular Hbond substituents is 1.